The molecule has 0 spiro atoms. The summed E-state index contributed by atoms with van der Waals surface area (Å²) in [6.45, 7) is 0. The van der Waals surface area contributed by atoms with E-state index in [2.05, 4.69) is 0 Å². The molecule has 0 fully saturated rings. The molecule has 2 aliphatic rings. The average molecular weight is 204 g/mol. The SMILES string of the molecule is NC1=CC=C(OC2=CC=C(N)CC2)CC1. The van der Waals surface area contributed by atoms with Gasteiger partial charge in [0.2, 0.25) is 0 Å². The highest BCUT2D eigenvalue weighted by molar-refractivity contribution is 5.23. The quantitative estimate of drug-likeness (QED) is 0.723. The fraction of sp³-hybridized carbons (Fsp3) is 0.333. The van der Waals surface area contributed by atoms with Gasteiger partial charge in [0.05, 0.1) is 0 Å². The van der Waals surface area contributed by atoms with Crippen molar-refractivity contribution in [2.45, 2.75) is 25.7 Å². The van der Waals surface area contributed by atoms with Gasteiger partial charge < -0.3 is 16.2 Å². The zero-order chi connectivity index (χ0) is 10.7. The summed E-state index contributed by atoms with van der Waals surface area (Å²) in [4.78, 5) is 0. The van der Waals surface area contributed by atoms with Crippen molar-refractivity contribution in [1.29, 1.82) is 0 Å². The molecule has 2 rings (SSSR count). The monoisotopic (exact) mass is 204 g/mol. The van der Waals surface area contributed by atoms with E-state index in [1.807, 2.05) is 24.3 Å². The van der Waals surface area contributed by atoms with Crippen LogP contribution in [0.25, 0.3) is 0 Å². The number of nitrogens with two attached hydrogens (primary N) is 2. The van der Waals surface area contributed by atoms with E-state index in [4.69, 9.17) is 16.2 Å². The molecule has 0 aromatic heterocycles. The first-order chi connectivity index (χ1) is 7.24. The van der Waals surface area contributed by atoms with Crippen LogP contribution in [0.4, 0.5) is 0 Å². The molecule has 0 amide bonds. The van der Waals surface area contributed by atoms with E-state index in [1.165, 1.54) is 0 Å². The molecule has 3 nitrogen and oxygen atoms in total. The predicted octanol–water partition coefficient (Wildman–Crippen LogP) is 2.04. The maximum atomic E-state index is 5.75. The Balaban J connectivity index is 1.98. The molecule has 0 saturated heterocycles. The third-order valence-electron chi connectivity index (χ3n) is 2.55. The summed E-state index contributed by atoms with van der Waals surface area (Å²) in [5, 5.41) is 0. The molecule has 0 radical (unpaired) electrons. The average Bonchev–Trinajstić information content (AvgIpc) is 2.25. The standard InChI is InChI=1S/C12H16N2O/c13-9-1-5-11(6-2-9)15-12-7-3-10(14)4-8-12/h1,3,5,7H,2,4,6,8,13-14H2. The van der Waals surface area contributed by atoms with E-state index in [0.29, 0.717) is 0 Å². The predicted molar refractivity (Wildman–Crippen MR) is 60.3 cm³/mol. The van der Waals surface area contributed by atoms with Gasteiger partial charge in [0.1, 0.15) is 11.5 Å². The van der Waals surface area contributed by atoms with Gasteiger partial charge in [-0.2, -0.15) is 0 Å². The molecule has 4 N–H and O–H groups in total. The number of allylic oxidation sites excluding steroid dienone is 8. The number of hydrogen-bond acceptors (Lipinski definition) is 3. The lowest BCUT2D eigenvalue weighted by Gasteiger charge is -2.17. The van der Waals surface area contributed by atoms with Crippen molar-refractivity contribution in [1.82, 2.24) is 0 Å². The molecule has 80 valence electrons. The summed E-state index contributed by atoms with van der Waals surface area (Å²) in [5.74, 6) is 1.98. The van der Waals surface area contributed by atoms with Gasteiger partial charge in [-0.15, -0.1) is 0 Å². The Kier molecular flexibility index (Phi) is 2.81. The van der Waals surface area contributed by atoms with E-state index >= 15 is 0 Å². The van der Waals surface area contributed by atoms with Gasteiger partial charge in [-0.1, -0.05) is 0 Å². The highest BCUT2D eigenvalue weighted by atomic mass is 16.5. The minimum atomic E-state index is 0.886. The van der Waals surface area contributed by atoms with Crippen molar-refractivity contribution in [2.24, 2.45) is 11.5 Å². The van der Waals surface area contributed by atoms with E-state index in [0.717, 1.165) is 48.6 Å². The van der Waals surface area contributed by atoms with Gasteiger partial charge >= 0.3 is 0 Å². The van der Waals surface area contributed by atoms with Crippen molar-refractivity contribution in [3.8, 4) is 0 Å². The van der Waals surface area contributed by atoms with Crippen molar-refractivity contribution in [2.75, 3.05) is 0 Å². The number of ether oxygens (including phenoxy) is 1. The molecule has 2 aliphatic carbocycles. The highest BCUT2D eigenvalue weighted by Crippen LogP contribution is 2.23. The molecule has 0 aromatic carbocycles. The maximum absolute atomic E-state index is 5.75. The largest absolute Gasteiger partial charge is 0.466 e. The van der Waals surface area contributed by atoms with Crippen molar-refractivity contribution in [3.05, 3.63) is 47.2 Å². The summed E-state index contributed by atoms with van der Waals surface area (Å²) in [6, 6.07) is 0. The Labute approximate surface area is 89.8 Å². The molecule has 0 saturated carbocycles. The van der Waals surface area contributed by atoms with Crippen molar-refractivity contribution < 1.29 is 4.74 Å². The normalized spacial score (nSPS) is 21.1. The highest BCUT2D eigenvalue weighted by Gasteiger charge is 2.09. The third-order valence-corrected chi connectivity index (χ3v) is 2.55. The van der Waals surface area contributed by atoms with Gasteiger partial charge in [0.25, 0.3) is 0 Å². The van der Waals surface area contributed by atoms with Crippen LogP contribution in [0.3, 0.4) is 0 Å². The van der Waals surface area contributed by atoms with Crippen LogP contribution in [-0.2, 0) is 4.74 Å². The Bertz CT molecular complexity index is 339. The summed E-state index contributed by atoms with van der Waals surface area (Å²) in [7, 11) is 0. The fourth-order valence-corrected chi connectivity index (χ4v) is 1.61. The lowest BCUT2D eigenvalue weighted by atomic mass is 10.1. The number of hydrogen-bond donors (Lipinski definition) is 2. The molecule has 0 aromatic rings. The molecule has 0 bridgehead atoms. The van der Waals surface area contributed by atoms with Gasteiger partial charge in [-0.05, 0) is 37.1 Å². The second-order valence-corrected chi connectivity index (χ2v) is 3.85. The topological polar surface area (TPSA) is 61.3 Å². The first kappa shape index (κ1) is 9.90. The Morgan fingerprint density at radius 1 is 0.733 bits per heavy atom. The van der Waals surface area contributed by atoms with Crippen LogP contribution in [0.5, 0.6) is 0 Å². The Hall–Kier alpha value is -1.64. The van der Waals surface area contributed by atoms with Crippen molar-refractivity contribution in [3.63, 3.8) is 0 Å². The van der Waals surface area contributed by atoms with Crippen LogP contribution in [0.15, 0.2) is 47.2 Å². The smallest absolute Gasteiger partial charge is 0.104 e. The first-order valence-corrected chi connectivity index (χ1v) is 5.22. The van der Waals surface area contributed by atoms with Gasteiger partial charge in [0.15, 0.2) is 0 Å². The van der Waals surface area contributed by atoms with E-state index in [-0.39, 0.29) is 0 Å². The third kappa shape index (κ3) is 2.65. The molecule has 0 aliphatic heterocycles. The zero-order valence-corrected chi connectivity index (χ0v) is 8.70. The molecule has 0 atom stereocenters. The summed E-state index contributed by atoms with van der Waals surface area (Å²) in [5.41, 5.74) is 13.2. The summed E-state index contributed by atoms with van der Waals surface area (Å²) in [6.07, 6.45) is 11.3. The molecular formula is C12H16N2O. The lowest BCUT2D eigenvalue weighted by molar-refractivity contribution is 0.274. The van der Waals surface area contributed by atoms with Crippen LogP contribution < -0.4 is 11.5 Å². The minimum Gasteiger partial charge on any atom is -0.466 e. The van der Waals surface area contributed by atoms with Crippen LogP contribution in [-0.4, -0.2) is 0 Å². The lowest BCUT2D eigenvalue weighted by Crippen LogP contribution is -2.06. The zero-order valence-electron chi connectivity index (χ0n) is 8.70. The van der Waals surface area contributed by atoms with Gasteiger partial charge in [-0.25, -0.2) is 0 Å². The van der Waals surface area contributed by atoms with E-state index in [1.54, 1.807) is 0 Å². The fourth-order valence-electron chi connectivity index (χ4n) is 1.61. The maximum Gasteiger partial charge on any atom is 0.104 e. The summed E-state index contributed by atoms with van der Waals surface area (Å²) < 4.78 is 5.75. The Morgan fingerprint density at radius 2 is 1.20 bits per heavy atom. The van der Waals surface area contributed by atoms with Crippen LogP contribution in [0.2, 0.25) is 0 Å². The minimum absolute atomic E-state index is 0.886. The Morgan fingerprint density at radius 3 is 1.53 bits per heavy atom. The molecule has 3 heteroatoms. The van der Waals surface area contributed by atoms with Gasteiger partial charge in [-0.3, -0.25) is 0 Å². The van der Waals surface area contributed by atoms with E-state index in [9.17, 15) is 0 Å². The van der Waals surface area contributed by atoms with Crippen LogP contribution in [0.1, 0.15) is 25.7 Å². The van der Waals surface area contributed by atoms with E-state index < -0.39 is 0 Å². The molecule has 15 heavy (non-hydrogen) atoms. The second kappa shape index (κ2) is 4.26. The summed E-state index contributed by atoms with van der Waals surface area (Å²) >= 11 is 0. The number of rotatable bonds is 2. The van der Waals surface area contributed by atoms with Crippen LogP contribution in [0, 0.1) is 0 Å². The molecule has 0 heterocycles. The second-order valence-electron chi connectivity index (χ2n) is 3.85. The van der Waals surface area contributed by atoms with Crippen LogP contribution >= 0.6 is 0 Å². The van der Waals surface area contributed by atoms with Crippen molar-refractivity contribution >= 4 is 0 Å². The van der Waals surface area contributed by atoms with Gasteiger partial charge in [0, 0.05) is 24.2 Å². The first-order valence-electron chi connectivity index (χ1n) is 5.22. The molecule has 0 unspecified atom stereocenters. The molecular weight excluding hydrogens is 188 g/mol.